The van der Waals surface area contributed by atoms with Crippen LogP contribution in [0.4, 0.5) is 4.39 Å². The number of halogens is 1. The lowest BCUT2D eigenvalue weighted by atomic mass is 10.0. The number of aryl methyl sites for hydroxylation is 1. The third kappa shape index (κ3) is 3.91. The van der Waals surface area contributed by atoms with E-state index < -0.39 is 0 Å². The van der Waals surface area contributed by atoms with Gasteiger partial charge in [-0.15, -0.1) is 0 Å². The number of hydrogen-bond donors (Lipinski definition) is 1. The Hall–Kier alpha value is -0.930. The van der Waals surface area contributed by atoms with Gasteiger partial charge in [0.15, 0.2) is 0 Å². The number of nitrogens with two attached hydrogens (primary N) is 1. The zero-order chi connectivity index (χ0) is 12.3. The SMILES string of the molecule is Cc1ccc(F)cc1C(N)COC(C)(C)C. The predicted octanol–water partition coefficient (Wildman–Crippen LogP) is 2.95. The third-order valence-corrected chi connectivity index (χ3v) is 2.34. The summed E-state index contributed by atoms with van der Waals surface area (Å²) in [5.74, 6) is -0.258. The maximum atomic E-state index is 13.1. The van der Waals surface area contributed by atoms with E-state index in [1.807, 2.05) is 27.7 Å². The normalized spacial score (nSPS) is 13.9. The van der Waals surface area contributed by atoms with Crippen LogP contribution in [0.2, 0.25) is 0 Å². The Kier molecular flexibility index (Phi) is 4.05. The average Bonchev–Trinajstić information content (AvgIpc) is 2.17. The molecule has 90 valence electrons. The highest BCUT2D eigenvalue weighted by Crippen LogP contribution is 2.19. The van der Waals surface area contributed by atoms with Crippen LogP contribution in [0.15, 0.2) is 18.2 Å². The van der Waals surface area contributed by atoms with E-state index in [9.17, 15) is 4.39 Å². The Labute approximate surface area is 96.6 Å². The van der Waals surface area contributed by atoms with Crippen molar-refractivity contribution in [2.75, 3.05) is 6.61 Å². The van der Waals surface area contributed by atoms with Crippen molar-refractivity contribution in [3.05, 3.63) is 35.1 Å². The first-order chi connectivity index (χ1) is 7.29. The summed E-state index contributed by atoms with van der Waals surface area (Å²) < 4.78 is 18.7. The van der Waals surface area contributed by atoms with E-state index in [1.165, 1.54) is 12.1 Å². The van der Waals surface area contributed by atoms with Gasteiger partial charge in [-0.2, -0.15) is 0 Å². The molecule has 16 heavy (non-hydrogen) atoms. The van der Waals surface area contributed by atoms with Crippen LogP contribution in [0.25, 0.3) is 0 Å². The molecule has 0 bridgehead atoms. The fourth-order valence-corrected chi connectivity index (χ4v) is 1.44. The smallest absolute Gasteiger partial charge is 0.123 e. The average molecular weight is 225 g/mol. The molecule has 0 heterocycles. The van der Waals surface area contributed by atoms with Crippen LogP contribution in [-0.4, -0.2) is 12.2 Å². The van der Waals surface area contributed by atoms with Crippen LogP contribution in [0.1, 0.15) is 37.9 Å². The summed E-state index contributed by atoms with van der Waals surface area (Å²) in [6.07, 6.45) is 0. The molecule has 0 fully saturated rings. The molecule has 0 saturated carbocycles. The van der Waals surface area contributed by atoms with Gasteiger partial charge in [-0.05, 0) is 51.0 Å². The summed E-state index contributed by atoms with van der Waals surface area (Å²) in [6.45, 7) is 8.23. The quantitative estimate of drug-likeness (QED) is 0.858. The first-order valence-electron chi connectivity index (χ1n) is 5.45. The third-order valence-electron chi connectivity index (χ3n) is 2.34. The second-order valence-corrected chi connectivity index (χ2v) is 5.03. The van der Waals surface area contributed by atoms with Crippen LogP contribution < -0.4 is 5.73 Å². The lowest BCUT2D eigenvalue weighted by Crippen LogP contribution is -2.26. The van der Waals surface area contributed by atoms with Crippen molar-refractivity contribution in [3.8, 4) is 0 Å². The molecule has 1 aromatic carbocycles. The minimum atomic E-state index is -0.282. The molecule has 0 radical (unpaired) electrons. The van der Waals surface area contributed by atoms with Crippen molar-refractivity contribution in [1.29, 1.82) is 0 Å². The number of rotatable bonds is 3. The molecule has 1 aromatic rings. The molecule has 0 spiro atoms. The maximum absolute atomic E-state index is 13.1. The molecular weight excluding hydrogens is 205 g/mol. The van der Waals surface area contributed by atoms with Gasteiger partial charge in [0, 0.05) is 0 Å². The van der Waals surface area contributed by atoms with Gasteiger partial charge in [-0.1, -0.05) is 6.07 Å². The summed E-state index contributed by atoms with van der Waals surface area (Å²) in [4.78, 5) is 0. The molecule has 2 N–H and O–H groups in total. The molecule has 2 nitrogen and oxygen atoms in total. The van der Waals surface area contributed by atoms with Crippen LogP contribution in [0, 0.1) is 12.7 Å². The van der Waals surface area contributed by atoms with E-state index in [4.69, 9.17) is 10.5 Å². The van der Waals surface area contributed by atoms with E-state index in [2.05, 4.69) is 0 Å². The zero-order valence-corrected chi connectivity index (χ0v) is 10.4. The molecule has 0 aliphatic carbocycles. The van der Waals surface area contributed by atoms with Gasteiger partial charge < -0.3 is 10.5 Å². The fourth-order valence-electron chi connectivity index (χ4n) is 1.44. The Morgan fingerprint density at radius 3 is 2.56 bits per heavy atom. The number of ether oxygens (including phenoxy) is 1. The van der Waals surface area contributed by atoms with E-state index in [0.717, 1.165) is 11.1 Å². The van der Waals surface area contributed by atoms with E-state index in [1.54, 1.807) is 6.07 Å². The van der Waals surface area contributed by atoms with Crippen molar-refractivity contribution in [2.24, 2.45) is 5.73 Å². The van der Waals surface area contributed by atoms with Crippen molar-refractivity contribution in [2.45, 2.75) is 39.3 Å². The Morgan fingerprint density at radius 1 is 1.38 bits per heavy atom. The van der Waals surface area contributed by atoms with Crippen LogP contribution in [0.3, 0.4) is 0 Å². The van der Waals surface area contributed by atoms with Crippen molar-refractivity contribution < 1.29 is 9.13 Å². The first-order valence-corrected chi connectivity index (χ1v) is 5.45. The highest BCUT2D eigenvalue weighted by molar-refractivity contribution is 5.29. The molecule has 0 amide bonds. The molecule has 0 aliphatic rings. The van der Waals surface area contributed by atoms with Crippen LogP contribution >= 0.6 is 0 Å². The Bertz CT molecular complexity index is 357. The van der Waals surface area contributed by atoms with Crippen LogP contribution in [-0.2, 0) is 4.74 Å². The summed E-state index contributed by atoms with van der Waals surface area (Å²) in [7, 11) is 0. The van der Waals surface area contributed by atoms with Gasteiger partial charge in [0.1, 0.15) is 5.82 Å². The molecule has 1 atom stereocenters. The van der Waals surface area contributed by atoms with Crippen molar-refractivity contribution >= 4 is 0 Å². The molecule has 0 aromatic heterocycles. The van der Waals surface area contributed by atoms with Crippen molar-refractivity contribution in [3.63, 3.8) is 0 Å². The minimum absolute atomic E-state index is 0.223. The minimum Gasteiger partial charge on any atom is -0.374 e. The topological polar surface area (TPSA) is 35.2 Å². The summed E-state index contributed by atoms with van der Waals surface area (Å²) >= 11 is 0. The second kappa shape index (κ2) is 4.93. The predicted molar refractivity (Wildman–Crippen MR) is 63.8 cm³/mol. The molecule has 0 saturated heterocycles. The Morgan fingerprint density at radius 2 is 2.00 bits per heavy atom. The standard InChI is InChI=1S/C13H20FNO/c1-9-5-6-10(14)7-11(9)12(15)8-16-13(2,3)4/h5-7,12H,8,15H2,1-4H3. The van der Waals surface area contributed by atoms with Gasteiger partial charge in [-0.3, -0.25) is 0 Å². The summed E-state index contributed by atoms with van der Waals surface area (Å²) in [6, 6.07) is 4.37. The summed E-state index contributed by atoms with van der Waals surface area (Å²) in [5.41, 5.74) is 7.56. The fraction of sp³-hybridized carbons (Fsp3) is 0.538. The highest BCUT2D eigenvalue weighted by atomic mass is 19.1. The Balaban J connectivity index is 2.73. The van der Waals surface area contributed by atoms with E-state index >= 15 is 0 Å². The molecule has 1 rings (SSSR count). The largest absolute Gasteiger partial charge is 0.374 e. The summed E-state index contributed by atoms with van der Waals surface area (Å²) in [5, 5.41) is 0. The van der Waals surface area contributed by atoms with E-state index in [0.29, 0.717) is 6.61 Å². The number of hydrogen-bond acceptors (Lipinski definition) is 2. The monoisotopic (exact) mass is 225 g/mol. The molecular formula is C13H20FNO. The molecule has 3 heteroatoms. The van der Waals surface area contributed by atoms with Crippen molar-refractivity contribution in [1.82, 2.24) is 0 Å². The second-order valence-electron chi connectivity index (χ2n) is 5.03. The van der Waals surface area contributed by atoms with E-state index in [-0.39, 0.29) is 17.5 Å². The van der Waals surface area contributed by atoms with Crippen LogP contribution in [0.5, 0.6) is 0 Å². The zero-order valence-electron chi connectivity index (χ0n) is 10.4. The van der Waals surface area contributed by atoms with Gasteiger partial charge in [0.25, 0.3) is 0 Å². The lowest BCUT2D eigenvalue weighted by molar-refractivity contribution is -0.0103. The first kappa shape index (κ1) is 13.1. The molecule has 0 aliphatic heterocycles. The maximum Gasteiger partial charge on any atom is 0.123 e. The van der Waals surface area contributed by atoms with Gasteiger partial charge in [-0.25, -0.2) is 4.39 Å². The number of benzene rings is 1. The molecule has 1 unspecified atom stereocenters. The van der Waals surface area contributed by atoms with Gasteiger partial charge in [0.2, 0.25) is 0 Å². The van der Waals surface area contributed by atoms with Gasteiger partial charge >= 0.3 is 0 Å². The van der Waals surface area contributed by atoms with Gasteiger partial charge in [0.05, 0.1) is 18.2 Å². The lowest BCUT2D eigenvalue weighted by Gasteiger charge is -2.23. The highest BCUT2D eigenvalue weighted by Gasteiger charge is 2.15.